The van der Waals surface area contributed by atoms with Crippen LogP contribution in [0.25, 0.3) is 0 Å². The average molecular weight is 234 g/mol. The van der Waals surface area contributed by atoms with Crippen LogP contribution < -0.4 is 10.0 Å². The van der Waals surface area contributed by atoms with E-state index >= 15 is 0 Å². The third kappa shape index (κ3) is 3.74. The lowest BCUT2D eigenvalue weighted by Gasteiger charge is -2.20. The van der Waals surface area contributed by atoms with Crippen LogP contribution in [0.15, 0.2) is 0 Å². The molecule has 2 N–H and O–H groups in total. The summed E-state index contributed by atoms with van der Waals surface area (Å²) in [6.07, 6.45) is 3.25. The predicted octanol–water partition coefficient (Wildman–Crippen LogP) is 0.846. The Hall–Kier alpha value is -0.130. The summed E-state index contributed by atoms with van der Waals surface area (Å²) in [6, 6.07) is 0.493. The quantitative estimate of drug-likeness (QED) is 0.758. The Labute approximate surface area is 92.9 Å². The van der Waals surface area contributed by atoms with Crippen molar-refractivity contribution in [3.05, 3.63) is 0 Å². The lowest BCUT2D eigenvalue weighted by atomic mass is 10.2. The average Bonchev–Trinajstić information content (AvgIpc) is 2.54. The summed E-state index contributed by atoms with van der Waals surface area (Å²) >= 11 is 0. The maximum Gasteiger partial charge on any atom is 0.216 e. The number of hydrogen-bond acceptors (Lipinski definition) is 3. The summed E-state index contributed by atoms with van der Waals surface area (Å²) in [5.74, 6) is 0. The zero-order valence-electron chi connectivity index (χ0n) is 9.84. The molecule has 1 rings (SSSR count). The number of sulfonamides is 1. The van der Waals surface area contributed by atoms with Gasteiger partial charge in [-0.05, 0) is 46.6 Å². The molecule has 0 aromatic heterocycles. The van der Waals surface area contributed by atoms with Gasteiger partial charge in [0.05, 0.1) is 4.75 Å². The van der Waals surface area contributed by atoms with E-state index in [-0.39, 0.29) is 0 Å². The van der Waals surface area contributed by atoms with E-state index in [4.69, 9.17) is 0 Å². The standard InChI is InChI=1S/C10H22N2O2S/c1-10(2,3)15(13,14)12-8-6-9-5-4-7-11-9/h9,11-12H,4-8H2,1-3H3/t9-/m1/s1. The summed E-state index contributed by atoms with van der Waals surface area (Å²) < 4.78 is 25.3. The molecule has 1 heterocycles. The van der Waals surface area contributed by atoms with E-state index in [2.05, 4.69) is 10.0 Å². The van der Waals surface area contributed by atoms with Crippen LogP contribution in [0.5, 0.6) is 0 Å². The molecule has 1 atom stereocenters. The molecule has 1 aliphatic rings. The van der Waals surface area contributed by atoms with E-state index in [0.717, 1.165) is 19.4 Å². The molecule has 0 aromatic carbocycles. The van der Waals surface area contributed by atoms with Gasteiger partial charge in [-0.1, -0.05) is 0 Å². The van der Waals surface area contributed by atoms with Crippen molar-refractivity contribution in [1.29, 1.82) is 0 Å². The molecule has 0 saturated carbocycles. The van der Waals surface area contributed by atoms with Crippen molar-refractivity contribution in [3.8, 4) is 0 Å². The third-order valence-corrected chi connectivity index (χ3v) is 4.95. The van der Waals surface area contributed by atoms with Gasteiger partial charge in [-0.15, -0.1) is 0 Å². The van der Waals surface area contributed by atoms with Crippen LogP contribution in [-0.2, 0) is 10.0 Å². The van der Waals surface area contributed by atoms with Crippen molar-refractivity contribution in [2.24, 2.45) is 0 Å². The van der Waals surface area contributed by atoms with Gasteiger partial charge in [0.15, 0.2) is 0 Å². The first kappa shape index (κ1) is 12.9. The molecule has 0 aliphatic carbocycles. The topological polar surface area (TPSA) is 58.2 Å². The molecule has 0 radical (unpaired) electrons. The Morgan fingerprint density at radius 1 is 1.40 bits per heavy atom. The highest BCUT2D eigenvalue weighted by molar-refractivity contribution is 7.90. The van der Waals surface area contributed by atoms with Crippen molar-refractivity contribution in [1.82, 2.24) is 10.0 Å². The predicted molar refractivity (Wildman–Crippen MR) is 62.3 cm³/mol. The molecule has 5 heteroatoms. The van der Waals surface area contributed by atoms with Gasteiger partial charge in [0.25, 0.3) is 0 Å². The first-order valence-electron chi connectivity index (χ1n) is 5.55. The minimum Gasteiger partial charge on any atom is -0.314 e. The highest BCUT2D eigenvalue weighted by atomic mass is 32.2. The number of rotatable bonds is 4. The zero-order chi connectivity index (χ0) is 11.5. The van der Waals surface area contributed by atoms with E-state index in [1.165, 1.54) is 6.42 Å². The second-order valence-corrected chi connectivity index (χ2v) is 7.61. The Morgan fingerprint density at radius 3 is 2.53 bits per heavy atom. The molecule has 4 nitrogen and oxygen atoms in total. The van der Waals surface area contributed by atoms with Crippen LogP contribution >= 0.6 is 0 Å². The molecule has 15 heavy (non-hydrogen) atoms. The van der Waals surface area contributed by atoms with E-state index in [1.54, 1.807) is 20.8 Å². The normalized spacial score (nSPS) is 23.3. The van der Waals surface area contributed by atoms with Crippen LogP contribution in [0.1, 0.15) is 40.0 Å². The second kappa shape index (κ2) is 4.80. The van der Waals surface area contributed by atoms with Gasteiger partial charge in [0.2, 0.25) is 10.0 Å². The highest BCUT2D eigenvalue weighted by Gasteiger charge is 2.28. The SMILES string of the molecule is CC(C)(C)S(=O)(=O)NCC[C@H]1CCCN1. The molecule has 0 aromatic rings. The molecule has 1 fully saturated rings. The first-order chi connectivity index (χ1) is 6.83. The maximum absolute atomic E-state index is 11.7. The van der Waals surface area contributed by atoms with E-state index < -0.39 is 14.8 Å². The monoisotopic (exact) mass is 234 g/mol. The van der Waals surface area contributed by atoms with Gasteiger partial charge in [0, 0.05) is 12.6 Å². The maximum atomic E-state index is 11.7. The van der Waals surface area contributed by atoms with Crippen molar-refractivity contribution < 1.29 is 8.42 Å². The van der Waals surface area contributed by atoms with Crippen molar-refractivity contribution in [3.63, 3.8) is 0 Å². The molecular weight excluding hydrogens is 212 g/mol. The van der Waals surface area contributed by atoms with Gasteiger partial charge in [0.1, 0.15) is 0 Å². The van der Waals surface area contributed by atoms with Gasteiger partial charge in [-0.25, -0.2) is 13.1 Å². The molecule has 0 amide bonds. The second-order valence-electron chi connectivity index (χ2n) is 5.09. The van der Waals surface area contributed by atoms with Crippen molar-refractivity contribution in [2.75, 3.05) is 13.1 Å². The molecule has 0 spiro atoms. The molecular formula is C10H22N2O2S. The Balaban J connectivity index is 2.30. The molecule has 0 unspecified atom stereocenters. The lowest BCUT2D eigenvalue weighted by Crippen LogP contribution is -2.41. The lowest BCUT2D eigenvalue weighted by molar-refractivity contribution is 0.522. The Kier molecular flexibility index (Phi) is 4.14. The van der Waals surface area contributed by atoms with Crippen LogP contribution in [0.2, 0.25) is 0 Å². The van der Waals surface area contributed by atoms with Gasteiger partial charge < -0.3 is 5.32 Å². The summed E-state index contributed by atoms with van der Waals surface area (Å²) in [7, 11) is -3.17. The van der Waals surface area contributed by atoms with Crippen LogP contribution in [0, 0.1) is 0 Å². The van der Waals surface area contributed by atoms with Crippen LogP contribution in [0.4, 0.5) is 0 Å². The molecule has 1 aliphatic heterocycles. The minimum absolute atomic E-state index is 0.493. The van der Waals surface area contributed by atoms with E-state index in [0.29, 0.717) is 12.6 Å². The van der Waals surface area contributed by atoms with Crippen LogP contribution in [0.3, 0.4) is 0 Å². The highest BCUT2D eigenvalue weighted by Crippen LogP contribution is 2.13. The van der Waals surface area contributed by atoms with Crippen LogP contribution in [-0.4, -0.2) is 32.3 Å². The fourth-order valence-electron chi connectivity index (χ4n) is 1.59. The first-order valence-corrected chi connectivity index (χ1v) is 7.04. The summed E-state index contributed by atoms with van der Waals surface area (Å²) in [5.41, 5.74) is 0. The fourth-order valence-corrected chi connectivity index (χ4v) is 2.41. The number of hydrogen-bond donors (Lipinski definition) is 2. The largest absolute Gasteiger partial charge is 0.314 e. The Bertz CT molecular complexity index is 287. The van der Waals surface area contributed by atoms with Gasteiger partial charge in [-0.3, -0.25) is 0 Å². The fraction of sp³-hybridized carbons (Fsp3) is 1.00. The summed E-state index contributed by atoms with van der Waals surface area (Å²) in [4.78, 5) is 0. The zero-order valence-corrected chi connectivity index (χ0v) is 10.7. The molecule has 1 saturated heterocycles. The van der Waals surface area contributed by atoms with Crippen molar-refractivity contribution >= 4 is 10.0 Å². The van der Waals surface area contributed by atoms with Gasteiger partial charge in [-0.2, -0.15) is 0 Å². The van der Waals surface area contributed by atoms with E-state index in [9.17, 15) is 8.42 Å². The summed E-state index contributed by atoms with van der Waals surface area (Å²) in [5, 5.41) is 3.35. The van der Waals surface area contributed by atoms with Gasteiger partial charge >= 0.3 is 0 Å². The third-order valence-electron chi connectivity index (χ3n) is 2.75. The van der Waals surface area contributed by atoms with Crippen molar-refractivity contribution in [2.45, 2.75) is 50.8 Å². The number of nitrogens with one attached hydrogen (secondary N) is 2. The Morgan fingerprint density at radius 2 is 2.07 bits per heavy atom. The smallest absolute Gasteiger partial charge is 0.216 e. The van der Waals surface area contributed by atoms with E-state index in [1.807, 2.05) is 0 Å². The molecule has 0 bridgehead atoms. The minimum atomic E-state index is -3.17. The summed E-state index contributed by atoms with van der Waals surface area (Å²) in [6.45, 7) is 6.74. The molecule has 90 valence electrons.